The Hall–Kier alpha value is -2.97. The first-order chi connectivity index (χ1) is 18.4. The lowest BCUT2D eigenvalue weighted by Crippen LogP contribution is -2.60. The van der Waals surface area contributed by atoms with Crippen molar-refractivity contribution in [1.29, 1.82) is 0 Å². The fourth-order valence-corrected chi connectivity index (χ4v) is 7.11. The molecule has 1 aromatic rings. The molecule has 1 N–H and O–H groups in total. The van der Waals surface area contributed by atoms with Gasteiger partial charge in [-0.25, -0.2) is 0 Å². The maximum atomic E-state index is 14.8. The molecular formula is C31H43N3O5. The fraction of sp³-hybridized carbons (Fsp3) is 0.581. The lowest BCUT2D eigenvalue weighted by atomic mass is 9.66. The summed E-state index contributed by atoms with van der Waals surface area (Å²) in [5.41, 5.74) is 0.634. The number of fused-ring (bicyclic) bond motifs is 1. The number of carbonyl (C=O) groups excluding carboxylic acids is 3. The summed E-state index contributed by atoms with van der Waals surface area (Å²) in [6, 6.07) is 4.34. The molecule has 2 unspecified atom stereocenters. The van der Waals surface area contributed by atoms with Gasteiger partial charge in [0.2, 0.25) is 11.8 Å². The zero-order chi connectivity index (χ0) is 28.9. The molecule has 3 aliphatic rings. The van der Waals surface area contributed by atoms with Crippen LogP contribution < -0.4 is 4.90 Å². The molecule has 8 nitrogen and oxygen atoms in total. The van der Waals surface area contributed by atoms with Crippen LogP contribution in [-0.4, -0.2) is 82.7 Å². The molecule has 2 bridgehead atoms. The van der Waals surface area contributed by atoms with E-state index in [1.54, 1.807) is 33.9 Å². The van der Waals surface area contributed by atoms with Crippen molar-refractivity contribution < 1.29 is 24.2 Å². The zero-order valence-electron chi connectivity index (χ0n) is 24.1. The fourth-order valence-electron chi connectivity index (χ4n) is 7.11. The topological polar surface area (TPSA) is 90.4 Å². The van der Waals surface area contributed by atoms with Crippen LogP contribution >= 0.6 is 0 Å². The number of aliphatic hydroxyl groups is 1. The number of nitrogens with zero attached hydrogens (tertiary/aromatic N) is 3. The predicted octanol–water partition coefficient (Wildman–Crippen LogP) is 3.25. The highest BCUT2D eigenvalue weighted by Crippen LogP contribution is 2.64. The van der Waals surface area contributed by atoms with E-state index in [0.717, 1.165) is 16.8 Å². The number of benzene rings is 1. The zero-order valence-corrected chi connectivity index (χ0v) is 24.1. The summed E-state index contributed by atoms with van der Waals surface area (Å²) in [7, 11) is 1.70. The van der Waals surface area contributed by atoms with Crippen molar-refractivity contribution >= 4 is 23.4 Å². The maximum Gasteiger partial charge on any atom is 0.253 e. The van der Waals surface area contributed by atoms with E-state index in [2.05, 4.69) is 13.2 Å². The molecule has 3 aliphatic heterocycles. The van der Waals surface area contributed by atoms with E-state index < -0.39 is 35.1 Å². The van der Waals surface area contributed by atoms with Crippen molar-refractivity contribution in [2.75, 3.05) is 31.6 Å². The number of hydrogen-bond acceptors (Lipinski definition) is 5. The molecule has 4 rings (SSSR count). The minimum Gasteiger partial charge on any atom is -0.394 e. The molecule has 3 amide bonds. The van der Waals surface area contributed by atoms with Crippen LogP contribution in [0.3, 0.4) is 0 Å². The van der Waals surface area contributed by atoms with Gasteiger partial charge in [0.25, 0.3) is 5.91 Å². The average molecular weight is 538 g/mol. The third kappa shape index (κ3) is 4.42. The van der Waals surface area contributed by atoms with Crippen molar-refractivity contribution in [2.24, 2.45) is 17.8 Å². The number of rotatable bonds is 10. The van der Waals surface area contributed by atoms with Crippen LogP contribution in [0.2, 0.25) is 0 Å². The molecule has 0 radical (unpaired) electrons. The van der Waals surface area contributed by atoms with Crippen molar-refractivity contribution in [1.82, 2.24) is 9.80 Å². The Morgan fingerprint density at radius 2 is 1.85 bits per heavy atom. The lowest BCUT2D eigenvalue weighted by molar-refractivity contribution is -0.152. The molecular weight excluding hydrogens is 494 g/mol. The largest absolute Gasteiger partial charge is 0.394 e. The van der Waals surface area contributed by atoms with Gasteiger partial charge in [-0.2, -0.15) is 0 Å². The molecule has 39 heavy (non-hydrogen) atoms. The number of aliphatic hydroxyl groups excluding tert-OH is 1. The van der Waals surface area contributed by atoms with Crippen molar-refractivity contribution in [2.45, 2.75) is 70.7 Å². The molecule has 6 atom stereocenters. The summed E-state index contributed by atoms with van der Waals surface area (Å²) in [6.45, 7) is 17.6. The van der Waals surface area contributed by atoms with Crippen LogP contribution in [0.15, 0.2) is 43.5 Å². The third-order valence-electron chi connectivity index (χ3n) is 9.04. The molecule has 0 aliphatic carbocycles. The highest BCUT2D eigenvalue weighted by atomic mass is 16.5. The van der Waals surface area contributed by atoms with Crippen LogP contribution in [0.4, 0.5) is 5.69 Å². The second-order valence-electron chi connectivity index (χ2n) is 12.0. The smallest absolute Gasteiger partial charge is 0.253 e. The van der Waals surface area contributed by atoms with Crippen molar-refractivity contribution in [3.63, 3.8) is 0 Å². The standard InChI is InChI=1S/C31H43N3O5/c1-9-15-32(8)27(36)24-25-28(37)34(23(18-35)19(3)4)26(31(25)14-13-30(24,7)39-31)29(38)33(16-10-2)22-17-20(5)11-12-21(22)6/h9-12,17,19,23-26,35H,1-2,13-16,18H2,3-8H3/t23-,24-,25-,26?,30+,31?/m0/s1. The molecule has 1 aromatic carbocycles. The monoisotopic (exact) mass is 537 g/mol. The van der Waals surface area contributed by atoms with Crippen LogP contribution in [0.25, 0.3) is 0 Å². The maximum absolute atomic E-state index is 14.8. The Labute approximate surface area is 232 Å². The van der Waals surface area contributed by atoms with E-state index in [-0.39, 0.29) is 36.8 Å². The van der Waals surface area contributed by atoms with Gasteiger partial charge in [0.15, 0.2) is 0 Å². The summed E-state index contributed by atoms with van der Waals surface area (Å²) in [6.07, 6.45) is 4.36. The number of hydrogen-bond donors (Lipinski definition) is 1. The Bertz CT molecular complexity index is 1180. The minimum atomic E-state index is -1.17. The van der Waals surface area contributed by atoms with Crippen LogP contribution in [0.5, 0.6) is 0 Å². The van der Waals surface area contributed by atoms with Crippen LogP contribution in [-0.2, 0) is 19.1 Å². The van der Waals surface area contributed by atoms with Gasteiger partial charge in [-0.15, -0.1) is 13.2 Å². The van der Waals surface area contributed by atoms with Gasteiger partial charge in [0.1, 0.15) is 11.6 Å². The Morgan fingerprint density at radius 1 is 1.18 bits per heavy atom. The highest BCUT2D eigenvalue weighted by Gasteiger charge is 2.79. The number of anilines is 1. The summed E-state index contributed by atoms with van der Waals surface area (Å²) in [5, 5.41) is 10.5. The van der Waals surface area contributed by atoms with Gasteiger partial charge in [-0.05, 0) is 56.7 Å². The molecule has 212 valence electrons. The number of amides is 3. The van der Waals surface area contributed by atoms with Gasteiger partial charge in [-0.3, -0.25) is 14.4 Å². The first-order valence-corrected chi connectivity index (χ1v) is 13.9. The first kappa shape index (κ1) is 29.0. The van der Waals surface area contributed by atoms with E-state index in [4.69, 9.17) is 4.74 Å². The van der Waals surface area contributed by atoms with Crippen LogP contribution in [0, 0.1) is 31.6 Å². The normalized spacial score (nSPS) is 29.9. The predicted molar refractivity (Wildman–Crippen MR) is 151 cm³/mol. The van der Waals surface area contributed by atoms with E-state index in [9.17, 15) is 19.5 Å². The summed E-state index contributed by atoms with van der Waals surface area (Å²) >= 11 is 0. The van der Waals surface area contributed by atoms with Crippen molar-refractivity contribution in [3.05, 3.63) is 54.6 Å². The summed E-state index contributed by atoms with van der Waals surface area (Å²) in [4.78, 5) is 47.7. The summed E-state index contributed by atoms with van der Waals surface area (Å²) in [5.74, 6) is -2.44. The molecule has 8 heteroatoms. The quantitative estimate of drug-likeness (QED) is 0.463. The molecule has 3 fully saturated rings. The Morgan fingerprint density at radius 3 is 2.44 bits per heavy atom. The van der Waals surface area contributed by atoms with Crippen molar-refractivity contribution in [3.8, 4) is 0 Å². The minimum absolute atomic E-state index is 0.122. The number of likely N-dealkylation sites (N-methyl/N-ethyl adjacent to an activating group) is 1. The molecule has 3 saturated heterocycles. The van der Waals surface area contributed by atoms with Gasteiger partial charge >= 0.3 is 0 Å². The molecule has 0 saturated carbocycles. The van der Waals surface area contributed by atoms with Gasteiger partial charge in [-0.1, -0.05) is 38.1 Å². The highest BCUT2D eigenvalue weighted by molar-refractivity contribution is 6.05. The van der Waals surface area contributed by atoms with Gasteiger partial charge < -0.3 is 24.5 Å². The molecule has 3 heterocycles. The van der Waals surface area contributed by atoms with Gasteiger partial charge in [0.05, 0.1) is 30.1 Å². The first-order valence-electron chi connectivity index (χ1n) is 13.9. The van der Waals surface area contributed by atoms with E-state index >= 15 is 0 Å². The molecule has 0 aromatic heterocycles. The van der Waals surface area contributed by atoms with Gasteiger partial charge in [0, 0.05) is 25.8 Å². The lowest BCUT2D eigenvalue weighted by Gasteiger charge is -2.41. The van der Waals surface area contributed by atoms with E-state index in [0.29, 0.717) is 19.4 Å². The third-order valence-corrected chi connectivity index (χ3v) is 9.04. The molecule has 1 spiro atoms. The second kappa shape index (κ2) is 10.5. The SMILES string of the molecule is C=CCN(C)C(=O)[C@@H]1[C@H]2C(=O)N([C@@H](CO)C(C)C)C(C(=O)N(CC=C)c3cc(C)ccc3C)C23CC[C@@]1(C)O3. The number of likely N-dealkylation sites (tertiary alicyclic amines) is 1. The Balaban J connectivity index is 1.89. The summed E-state index contributed by atoms with van der Waals surface area (Å²) < 4.78 is 6.77. The average Bonchev–Trinajstić information content (AvgIpc) is 3.45. The number of aryl methyl sites for hydroxylation is 2. The van der Waals surface area contributed by atoms with E-state index in [1.165, 1.54) is 0 Å². The van der Waals surface area contributed by atoms with Crippen LogP contribution in [0.1, 0.15) is 44.7 Å². The van der Waals surface area contributed by atoms with E-state index in [1.807, 2.05) is 52.8 Å². The second-order valence-corrected chi connectivity index (χ2v) is 12.0. The Kier molecular flexibility index (Phi) is 7.85. The number of carbonyl (C=O) groups is 3. The number of ether oxygens (including phenoxy) is 1.